The molecule has 0 amide bonds. The molecule has 0 saturated carbocycles. The second-order valence-electron chi connectivity index (χ2n) is 8.29. The van der Waals surface area contributed by atoms with E-state index in [2.05, 4.69) is 0 Å². The fraction of sp³-hybridized carbons (Fsp3) is 0.0667. The number of benzene rings is 4. The summed E-state index contributed by atoms with van der Waals surface area (Å²) in [6.07, 6.45) is 1.03. The molecule has 0 aliphatic rings. The van der Waals surface area contributed by atoms with E-state index in [9.17, 15) is 9.59 Å². The van der Waals surface area contributed by atoms with Crippen LogP contribution >= 0.6 is 0 Å². The molecule has 4 aromatic carbocycles. The van der Waals surface area contributed by atoms with Crippen LogP contribution in [-0.2, 0) is 0 Å². The Labute approximate surface area is 202 Å². The molecule has 0 saturated heterocycles. The van der Waals surface area contributed by atoms with Gasteiger partial charge in [0, 0.05) is 0 Å². The SMILES string of the molecule is O=c1c(F)cn(C(c2ccccc2)c2ccccc2)c(=O)n1C(c1ccccc1)c1ccccc1. The molecule has 5 rings (SSSR count). The van der Waals surface area contributed by atoms with Gasteiger partial charge in [-0.15, -0.1) is 0 Å². The monoisotopic (exact) mass is 462 g/mol. The zero-order chi connectivity index (χ0) is 24.2. The zero-order valence-electron chi connectivity index (χ0n) is 18.9. The maximum Gasteiger partial charge on any atom is 0.332 e. The highest BCUT2D eigenvalue weighted by Gasteiger charge is 2.26. The Morgan fingerprint density at radius 3 is 1.23 bits per heavy atom. The molecule has 172 valence electrons. The molecule has 4 nitrogen and oxygen atoms in total. The van der Waals surface area contributed by atoms with E-state index in [-0.39, 0.29) is 0 Å². The van der Waals surface area contributed by atoms with Crippen molar-refractivity contribution in [2.45, 2.75) is 12.1 Å². The largest absolute Gasteiger partial charge is 0.332 e. The number of hydrogen-bond acceptors (Lipinski definition) is 2. The minimum atomic E-state index is -0.988. The lowest BCUT2D eigenvalue weighted by Crippen LogP contribution is -2.45. The molecule has 1 heterocycles. The van der Waals surface area contributed by atoms with Gasteiger partial charge in [-0.1, -0.05) is 121 Å². The van der Waals surface area contributed by atoms with Crippen molar-refractivity contribution < 1.29 is 4.39 Å². The van der Waals surface area contributed by atoms with E-state index in [1.54, 1.807) is 0 Å². The van der Waals surface area contributed by atoms with Crippen molar-refractivity contribution >= 4 is 0 Å². The molecule has 0 fully saturated rings. The van der Waals surface area contributed by atoms with Crippen LogP contribution in [0.4, 0.5) is 4.39 Å². The molecule has 35 heavy (non-hydrogen) atoms. The molecule has 0 spiro atoms. The molecule has 0 aliphatic heterocycles. The number of hydrogen-bond donors (Lipinski definition) is 0. The third-order valence-corrected chi connectivity index (χ3v) is 6.10. The van der Waals surface area contributed by atoms with Crippen LogP contribution in [-0.4, -0.2) is 9.13 Å². The lowest BCUT2D eigenvalue weighted by molar-refractivity contribution is 0.475. The molecule has 5 aromatic rings. The second-order valence-corrected chi connectivity index (χ2v) is 8.29. The Morgan fingerprint density at radius 1 is 0.514 bits per heavy atom. The quantitative estimate of drug-likeness (QED) is 0.338. The van der Waals surface area contributed by atoms with Crippen molar-refractivity contribution in [3.63, 3.8) is 0 Å². The standard InChI is InChI=1S/C30H23FN2O2/c31-26-21-32(27(22-13-5-1-6-14-22)23-15-7-2-8-16-23)30(35)33(29(26)34)28(24-17-9-3-10-18-24)25-19-11-4-12-20-25/h1-21,27-28H. The fourth-order valence-corrected chi connectivity index (χ4v) is 4.52. The molecule has 0 aliphatic carbocycles. The lowest BCUT2D eigenvalue weighted by atomic mass is 9.97. The zero-order valence-corrected chi connectivity index (χ0v) is 18.9. The Bertz CT molecular complexity index is 1450. The van der Waals surface area contributed by atoms with Gasteiger partial charge in [-0.3, -0.25) is 9.36 Å². The van der Waals surface area contributed by atoms with Crippen molar-refractivity contribution in [2.75, 3.05) is 0 Å². The number of halogens is 1. The van der Waals surface area contributed by atoms with Gasteiger partial charge in [-0.2, -0.15) is 4.39 Å². The first-order valence-electron chi connectivity index (χ1n) is 11.4. The summed E-state index contributed by atoms with van der Waals surface area (Å²) in [7, 11) is 0. The van der Waals surface area contributed by atoms with E-state index in [1.165, 1.54) is 4.57 Å². The van der Waals surface area contributed by atoms with E-state index in [0.29, 0.717) is 11.1 Å². The fourth-order valence-electron chi connectivity index (χ4n) is 4.52. The van der Waals surface area contributed by atoms with Crippen LogP contribution in [0.3, 0.4) is 0 Å². The third kappa shape index (κ3) is 4.36. The van der Waals surface area contributed by atoms with Crippen LogP contribution in [0.25, 0.3) is 0 Å². The first-order valence-corrected chi connectivity index (χ1v) is 11.4. The minimum Gasteiger partial charge on any atom is -0.286 e. The summed E-state index contributed by atoms with van der Waals surface area (Å²) in [6.45, 7) is 0. The number of nitrogens with zero attached hydrogens (tertiary/aromatic N) is 2. The van der Waals surface area contributed by atoms with Crippen LogP contribution in [0.2, 0.25) is 0 Å². The van der Waals surface area contributed by atoms with Crippen molar-refractivity contribution in [2.24, 2.45) is 0 Å². The molecule has 1 aromatic heterocycles. The van der Waals surface area contributed by atoms with E-state index in [1.807, 2.05) is 121 Å². The van der Waals surface area contributed by atoms with E-state index in [0.717, 1.165) is 21.9 Å². The van der Waals surface area contributed by atoms with Gasteiger partial charge in [0.1, 0.15) is 0 Å². The lowest BCUT2D eigenvalue weighted by Gasteiger charge is -2.25. The normalized spacial score (nSPS) is 11.2. The van der Waals surface area contributed by atoms with Gasteiger partial charge < -0.3 is 0 Å². The van der Waals surface area contributed by atoms with Gasteiger partial charge in [-0.05, 0) is 22.3 Å². The molecule has 0 bridgehead atoms. The van der Waals surface area contributed by atoms with Crippen molar-refractivity contribution in [1.29, 1.82) is 0 Å². The van der Waals surface area contributed by atoms with Crippen LogP contribution in [0.1, 0.15) is 34.3 Å². The first-order chi connectivity index (χ1) is 17.1. The summed E-state index contributed by atoms with van der Waals surface area (Å²) in [6, 6.07) is 35.9. The van der Waals surface area contributed by atoms with Crippen LogP contribution in [0.15, 0.2) is 137 Å². The summed E-state index contributed by atoms with van der Waals surface area (Å²) < 4.78 is 17.7. The van der Waals surface area contributed by atoms with Crippen LogP contribution < -0.4 is 11.2 Å². The maximum atomic E-state index is 15.3. The third-order valence-electron chi connectivity index (χ3n) is 6.10. The Hall–Kier alpha value is -4.51. The van der Waals surface area contributed by atoms with Gasteiger partial charge >= 0.3 is 5.69 Å². The van der Waals surface area contributed by atoms with Crippen molar-refractivity contribution in [1.82, 2.24) is 9.13 Å². The highest BCUT2D eigenvalue weighted by atomic mass is 19.1. The highest BCUT2D eigenvalue weighted by molar-refractivity contribution is 5.35. The van der Waals surface area contributed by atoms with E-state index in [4.69, 9.17) is 0 Å². The smallest absolute Gasteiger partial charge is 0.286 e. The Kier molecular flexibility index (Phi) is 6.22. The maximum absolute atomic E-state index is 15.3. The van der Waals surface area contributed by atoms with Gasteiger partial charge in [0.15, 0.2) is 0 Å². The van der Waals surface area contributed by atoms with Crippen LogP contribution in [0, 0.1) is 5.82 Å². The number of aromatic nitrogens is 2. The van der Waals surface area contributed by atoms with Crippen molar-refractivity contribution in [3.05, 3.63) is 176 Å². The Balaban J connectivity index is 1.81. The second kappa shape index (κ2) is 9.77. The van der Waals surface area contributed by atoms with Gasteiger partial charge in [0.2, 0.25) is 5.82 Å². The summed E-state index contributed by atoms with van der Waals surface area (Å²) in [5.74, 6) is -0.988. The average molecular weight is 463 g/mol. The predicted octanol–water partition coefficient (Wildman–Crippen LogP) is 5.42. The molecule has 5 heteroatoms. The molecule has 0 N–H and O–H groups in total. The number of rotatable bonds is 6. The van der Waals surface area contributed by atoms with E-state index < -0.39 is 29.1 Å². The Morgan fingerprint density at radius 2 is 0.857 bits per heavy atom. The molecular formula is C30H23FN2O2. The van der Waals surface area contributed by atoms with Gasteiger partial charge in [0.05, 0.1) is 18.3 Å². The molecule has 0 atom stereocenters. The van der Waals surface area contributed by atoms with Gasteiger partial charge in [0.25, 0.3) is 5.56 Å². The molecule has 0 unspecified atom stereocenters. The predicted molar refractivity (Wildman–Crippen MR) is 135 cm³/mol. The molecule has 0 radical (unpaired) electrons. The highest BCUT2D eigenvalue weighted by Crippen LogP contribution is 2.27. The van der Waals surface area contributed by atoms with Crippen molar-refractivity contribution in [3.8, 4) is 0 Å². The topological polar surface area (TPSA) is 44.0 Å². The van der Waals surface area contributed by atoms with Gasteiger partial charge in [-0.25, -0.2) is 9.36 Å². The summed E-state index contributed by atoms with van der Waals surface area (Å²) in [5.41, 5.74) is 1.50. The average Bonchev–Trinajstić information content (AvgIpc) is 2.92. The summed E-state index contributed by atoms with van der Waals surface area (Å²) in [5, 5.41) is 0. The van der Waals surface area contributed by atoms with E-state index >= 15 is 4.39 Å². The summed E-state index contributed by atoms with van der Waals surface area (Å²) in [4.78, 5) is 27.3. The van der Waals surface area contributed by atoms with Crippen LogP contribution in [0.5, 0.6) is 0 Å². The molecular weight excluding hydrogens is 439 g/mol. The summed E-state index contributed by atoms with van der Waals surface area (Å²) >= 11 is 0. The first kappa shape index (κ1) is 22.3. The minimum absolute atomic E-state index is 0.591.